The molecule has 1 rings (SSSR count). The van der Waals surface area contributed by atoms with E-state index in [0.717, 1.165) is 135 Å². The number of aliphatic hydroxyl groups excluding tert-OH is 2. The third-order valence-corrected chi connectivity index (χ3v) is 12.0. The zero-order valence-electron chi connectivity index (χ0n) is 43.3. The largest absolute Gasteiger partial charge is 0.479 e. The number of carbonyl (C=O) groups excluding carboxylic acids is 3. The first-order valence-corrected chi connectivity index (χ1v) is 27.3. The quantitative estimate of drug-likeness (QED) is 0.0228. The van der Waals surface area contributed by atoms with Crippen LogP contribution < -0.4 is 0 Å². The van der Waals surface area contributed by atoms with Gasteiger partial charge in [0.25, 0.3) is 0 Å². The number of aliphatic hydroxyl groups is 2. The highest BCUT2D eigenvalue weighted by Gasteiger charge is 2.50. The van der Waals surface area contributed by atoms with Gasteiger partial charge in [-0.25, -0.2) is 4.79 Å². The van der Waals surface area contributed by atoms with Crippen molar-refractivity contribution in [2.24, 2.45) is 0 Å². The van der Waals surface area contributed by atoms with Crippen LogP contribution in [0.4, 0.5) is 0 Å². The Hall–Kier alpha value is -3.58. The van der Waals surface area contributed by atoms with Crippen molar-refractivity contribution in [1.29, 1.82) is 0 Å². The molecule has 396 valence electrons. The number of carbonyl (C=O) groups is 4. The van der Waals surface area contributed by atoms with Crippen LogP contribution in [-0.2, 0) is 42.9 Å². The van der Waals surface area contributed by atoms with Gasteiger partial charge < -0.3 is 39.0 Å². The normalized spacial score (nSPS) is 19.1. The molecule has 0 aromatic carbocycles. The lowest BCUT2D eigenvalue weighted by molar-refractivity contribution is -0.301. The van der Waals surface area contributed by atoms with Crippen LogP contribution in [0.1, 0.15) is 226 Å². The van der Waals surface area contributed by atoms with E-state index in [-0.39, 0.29) is 25.9 Å². The Morgan fingerprint density at radius 3 is 1.42 bits per heavy atom. The van der Waals surface area contributed by atoms with Crippen LogP contribution in [0.25, 0.3) is 0 Å². The average molecular weight is 973 g/mol. The molecule has 1 heterocycles. The van der Waals surface area contributed by atoms with Crippen LogP contribution >= 0.6 is 0 Å². The van der Waals surface area contributed by atoms with Crippen molar-refractivity contribution in [1.82, 2.24) is 0 Å². The van der Waals surface area contributed by atoms with Crippen molar-refractivity contribution < 1.29 is 58.2 Å². The second kappa shape index (κ2) is 45.6. The van der Waals surface area contributed by atoms with Crippen molar-refractivity contribution in [2.75, 3.05) is 13.2 Å². The van der Waals surface area contributed by atoms with Crippen molar-refractivity contribution in [3.63, 3.8) is 0 Å². The molecule has 0 radical (unpaired) electrons. The molecular formula is C57H96O12. The van der Waals surface area contributed by atoms with Crippen molar-refractivity contribution in [3.05, 3.63) is 60.8 Å². The molecule has 0 bridgehead atoms. The van der Waals surface area contributed by atoms with Gasteiger partial charge in [-0.2, -0.15) is 0 Å². The van der Waals surface area contributed by atoms with E-state index >= 15 is 0 Å². The summed E-state index contributed by atoms with van der Waals surface area (Å²) >= 11 is 0. The zero-order valence-corrected chi connectivity index (χ0v) is 43.3. The molecule has 0 spiro atoms. The van der Waals surface area contributed by atoms with Gasteiger partial charge in [0.05, 0.1) is 6.61 Å². The predicted molar refractivity (Wildman–Crippen MR) is 275 cm³/mol. The smallest absolute Gasteiger partial charge is 0.335 e. The van der Waals surface area contributed by atoms with E-state index in [1.165, 1.54) is 32.1 Å². The Labute approximate surface area is 417 Å². The van der Waals surface area contributed by atoms with E-state index in [9.17, 15) is 34.5 Å². The minimum Gasteiger partial charge on any atom is -0.479 e. The highest BCUT2D eigenvalue weighted by molar-refractivity contribution is 5.74. The average Bonchev–Trinajstić information content (AvgIpc) is 3.33. The number of hydrogen-bond donors (Lipinski definition) is 3. The van der Waals surface area contributed by atoms with E-state index in [2.05, 4.69) is 81.5 Å². The van der Waals surface area contributed by atoms with Crippen LogP contribution in [0, 0.1) is 0 Å². The number of rotatable bonds is 45. The Morgan fingerprint density at radius 1 is 0.478 bits per heavy atom. The summed E-state index contributed by atoms with van der Waals surface area (Å²) in [6.45, 7) is 5.81. The SMILES string of the molecule is CCC/C=C\C/C=C\CCCCCCCC(=O)OC(COC(=O)CCCCCCC/C=C\C/C=C\CCCCC)COC1OC(C(=O)O)C(O)C(O)C1OC(=O)CCCCCCC/C=C\CCCC. The maximum atomic E-state index is 13.1. The van der Waals surface area contributed by atoms with Crippen LogP contribution in [-0.4, -0.2) is 89.2 Å². The zero-order chi connectivity index (χ0) is 50.4. The molecule has 1 fully saturated rings. The number of allylic oxidation sites excluding steroid dienone is 10. The monoisotopic (exact) mass is 973 g/mol. The first-order valence-electron chi connectivity index (χ1n) is 27.3. The molecule has 1 aliphatic rings. The fourth-order valence-corrected chi connectivity index (χ4v) is 7.77. The van der Waals surface area contributed by atoms with Gasteiger partial charge in [-0.05, 0) is 96.3 Å². The summed E-state index contributed by atoms with van der Waals surface area (Å²) in [7, 11) is 0. The lowest BCUT2D eigenvalue weighted by Gasteiger charge is -2.40. The lowest BCUT2D eigenvalue weighted by atomic mass is 9.98. The van der Waals surface area contributed by atoms with E-state index in [4.69, 9.17) is 23.7 Å². The summed E-state index contributed by atoms with van der Waals surface area (Å²) in [5, 5.41) is 31.3. The summed E-state index contributed by atoms with van der Waals surface area (Å²) in [6.07, 6.45) is 42.0. The standard InChI is InChI=1S/C57H96O12/c1-4-7-10-13-16-19-22-24-25-27-29-31-34-37-40-43-49(58)65-46-48(67-50(59)44-41-38-35-33-30-26-23-20-17-14-11-8-5-2)47-66-57-55(53(62)52(61)54(69-57)56(63)64)68-51(60)45-42-39-36-32-28-21-18-15-12-9-6-3/h11,14-16,18-20,23-25,48,52-55,57,61-62H,4-10,12-13,17,21-22,26-47H2,1-3H3,(H,63,64)/b14-11-,18-15-,19-16-,23-20-,25-24-. The Kier molecular flexibility index (Phi) is 41.9. The van der Waals surface area contributed by atoms with E-state index in [1.54, 1.807) is 0 Å². The molecule has 12 nitrogen and oxygen atoms in total. The maximum absolute atomic E-state index is 13.1. The molecule has 12 heteroatoms. The number of esters is 3. The molecule has 6 unspecified atom stereocenters. The highest BCUT2D eigenvalue weighted by atomic mass is 16.7. The third kappa shape index (κ3) is 36.1. The van der Waals surface area contributed by atoms with Gasteiger partial charge in [-0.3, -0.25) is 14.4 Å². The summed E-state index contributed by atoms with van der Waals surface area (Å²) in [5.74, 6) is -3.17. The first kappa shape index (κ1) is 63.4. The number of ether oxygens (including phenoxy) is 5. The van der Waals surface area contributed by atoms with Crippen LogP contribution in [0.2, 0.25) is 0 Å². The molecule has 0 aromatic heterocycles. The number of carboxylic acid groups (broad SMARTS) is 1. The molecule has 0 amide bonds. The summed E-state index contributed by atoms with van der Waals surface area (Å²) < 4.78 is 28.3. The van der Waals surface area contributed by atoms with Gasteiger partial charge in [0.2, 0.25) is 0 Å². The van der Waals surface area contributed by atoms with Gasteiger partial charge in [0.1, 0.15) is 18.8 Å². The highest BCUT2D eigenvalue weighted by Crippen LogP contribution is 2.26. The van der Waals surface area contributed by atoms with Gasteiger partial charge >= 0.3 is 23.9 Å². The van der Waals surface area contributed by atoms with E-state index in [0.29, 0.717) is 19.3 Å². The van der Waals surface area contributed by atoms with E-state index in [1.807, 2.05) is 0 Å². The van der Waals surface area contributed by atoms with Gasteiger partial charge in [-0.15, -0.1) is 0 Å². The minimum atomic E-state index is -1.91. The maximum Gasteiger partial charge on any atom is 0.335 e. The molecule has 0 aromatic rings. The topological polar surface area (TPSA) is 175 Å². The lowest BCUT2D eigenvalue weighted by Crippen LogP contribution is -2.61. The van der Waals surface area contributed by atoms with Gasteiger partial charge in [0, 0.05) is 19.3 Å². The minimum absolute atomic E-state index is 0.0459. The summed E-state index contributed by atoms with van der Waals surface area (Å²) in [6, 6.07) is 0. The molecule has 6 atom stereocenters. The fraction of sp³-hybridized carbons (Fsp3) is 0.754. The van der Waals surface area contributed by atoms with Crippen LogP contribution in [0.15, 0.2) is 60.8 Å². The molecule has 1 aliphatic heterocycles. The summed E-state index contributed by atoms with van der Waals surface area (Å²) in [5.41, 5.74) is 0. The molecule has 1 saturated heterocycles. The number of aliphatic carboxylic acids is 1. The second-order valence-corrected chi connectivity index (χ2v) is 18.5. The first-order chi connectivity index (χ1) is 33.6. The van der Waals surface area contributed by atoms with Crippen LogP contribution in [0.3, 0.4) is 0 Å². The third-order valence-electron chi connectivity index (χ3n) is 12.0. The molecule has 3 N–H and O–H groups in total. The fourth-order valence-electron chi connectivity index (χ4n) is 7.77. The van der Waals surface area contributed by atoms with Crippen molar-refractivity contribution in [2.45, 2.75) is 263 Å². The summed E-state index contributed by atoms with van der Waals surface area (Å²) in [4.78, 5) is 50.9. The van der Waals surface area contributed by atoms with Crippen molar-refractivity contribution >= 4 is 23.9 Å². The Morgan fingerprint density at radius 2 is 0.913 bits per heavy atom. The number of unbranched alkanes of at least 4 members (excludes halogenated alkanes) is 21. The van der Waals surface area contributed by atoms with Crippen molar-refractivity contribution in [3.8, 4) is 0 Å². The molecule has 0 saturated carbocycles. The second-order valence-electron chi connectivity index (χ2n) is 18.5. The van der Waals surface area contributed by atoms with E-state index < -0.39 is 67.3 Å². The van der Waals surface area contributed by atoms with Gasteiger partial charge in [0.15, 0.2) is 24.6 Å². The molecular weight excluding hydrogens is 877 g/mol. The predicted octanol–water partition coefficient (Wildman–Crippen LogP) is 13.2. The Bertz CT molecular complexity index is 1440. The van der Waals surface area contributed by atoms with Gasteiger partial charge in [-0.1, -0.05) is 171 Å². The Balaban J connectivity index is 2.74. The molecule has 69 heavy (non-hydrogen) atoms. The number of hydrogen-bond acceptors (Lipinski definition) is 11. The number of carboxylic acids is 1. The van der Waals surface area contributed by atoms with Crippen LogP contribution in [0.5, 0.6) is 0 Å². The molecule has 0 aliphatic carbocycles.